The highest BCUT2D eigenvalue weighted by Crippen LogP contribution is 2.35. The number of hydrogen-bond donors (Lipinski definition) is 1. The molecular weight excluding hydrogens is 401 g/mol. The second kappa shape index (κ2) is 8.59. The number of likely N-dealkylation sites (tertiary alicyclic amines) is 1. The van der Waals surface area contributed by atoms with Crippen LogP contribution in [0.3, 0.4) is 0 Å². The number of amides is 3. The molecule has 0 bridgehead atoms. The van der Waals surface area contributed by atoms with Gasteiger partial charge in [0.25, 0.3) is 5.91 Å². The van der Waals surface area contributed by atoms with Crippen LogP contribution in [0.4, 0.5) is 10.1 Å². The predicted molar refractivity (Wildman–Crippen MR) is 112 cm³/mol. The molecule has 0 saturated carbocycles. The van der Waals surface area contributed by atoms with E-state index < -0.39 is 11.7 Å². The molecule has 0 radical (unpaired) electrons. The number of carbonyl (C=O) groups excluding carboxylic acids is 3. The van der Waals surface area contributed by atoms with Crippen LogP contribution in [0.25, 0.3) is 6.08 Å². The van der Waals surface area contributed by atoms with Gasteiger partial charge in [0.2, 0.25) is 11.8 Å². The lowest BCUT2D eigenvalue weighted by atomic mass is 9.96. The number of hydrogen-bond acceptors (Lipinski definition) is 4. The van der Waals surface area contributed by atoms with E-state index in [9.17, 15) is 18.8 Å². The van der Waals surface area contributed by atoms with E-state index in [1.165, 1.54) is 23.1 Å². The Hall–Kier alpha value is -3.68. The Labute approximate surface area is 178 Å². The number of fused-ring (bicyclic) bond motifs is 1. The van der Waals surface area contributed by atoms with Crippen molar-refractivity contribution in [3.8, 4) is 5.75 Å². The molecule has 2 aromatic rings. The molecule has 2 N–H and O–H groups in total. The van der Waals surface area contributed by atoms with Gasteiger partial charge in [0, 0.05) is 19.0 Å². The van der Waals surface area contributed by atoms with Crippen LogP contribution >= 0.6 is 0 Å². The van der Waals surface area contributed by atoms with Gasteiger partial charge in [0.15, 0.2) is 11.5 Å². The van der Waals surface area contributed by atoms with Crippen LogP contribution < -0.4 is 15.4 Å². The van der Waals surface area contributed by atoms with Crippen molar-refractivity contribution in [1.29, 1.82) is 0 Å². The summed E-state index contributed by atoms with van der Waals surface area (Å²) in [7, 11) is 0. The molecular formula is C23H22FN3O4. The lowest BCUT2D eigenvalue weighted by Crippen LogP contribution is -2.48. The minimum Gasteiger partial charge on any atom is -0.449 e. The van der Waals surface area contributed by atoms with E-state index in [2.05, 4.69) is 0 Å². The van der Waals surface area contributed by atoms with Crippen molar-refractivity contribution in [3.63, 3.8) is 0 Å². The van der Waals surface area contributed by atoms with Crippen LogP contribution in [-0.4, -0.2) is 42.3 Å². The average Bonchev–Trinajstić information content (AvgIpc) is 2.76. The van der Waals surface area contributed by atoms with Crippen LogP contribution in [0.1, 0.15) is 18.4 Å². The first kappa shape index (κ1) is 20.6. The molecule has 0 spiro atoms. The van der Waals surface area contributed by atoms with Crippen molar-refractivity contribution >= 4 is 29.5 Å². The van der Waals surface area contributed by atoms with Crippen molar-refractivity contribution in [1.82, 2.24) is 4.90 Å². The minimum absolute atomic E-state index is 0.00420. The number of anilines is 1. The van der Waals surface area contributed by atoms with Crippen LogP contribution in [0.5, 0.6) is 5.75 Å². The fourth-order valence-corrected chi connectivity index (χ4v) is 3.82. The summed E-state index contributed by atoms with van der Waals surface area (Å²) in [4.78, 5) is 40.4. The molecule has 2 heterocycles. The van der Waals surface area contributed by atoms with E-state index in [4.69, 9.17) is 10.5 Å². The van der Waals surface area contributed by atoms with Crippen LogP contribution in [0.15, 0.2) is 54.3 Å². The third kappa shape index (κ3) is 4.42. The maximum absolute atomic E-state index is 13.5. The van der Waals surface area contributed by atoms with Gasteiger partial charge in [-0.05, 0) is 48.7 Å². The van der Waals surface area contributed by atoms with Crippen LogP contribution in [0.2, 0.25) is 0 Å². The normalized spacial score (nSPS) is 18.0. The number of nitrogens with zero attached hydrogens (tertiary/aromatic N) is 2. The summed E-state index contributed by atoms with van der Waals surface area (Å²) < 4.78 is 19.3. The summed E-state index contributed by atoms with van der Waals surface area (Å²) in [6.07, 6.45) is 2.48. The molecule has 1 fully saturated rings. The Bertz CT molecular complexity index is 1060. The molecule has 0 atom stereocenters. The molecule has 3 amide bonds. The maximum atomic E-state index is 13.5. The number of rotatable bonds is 4. The fraction of sp³-hybridized carbons (Fsp3) is 0.261. The number of para-hydroxylation sites is 2. The highest BCUT2D eigenvalue weighted by Gasteiger charge is 2.34. The Morgan fingerprint density at radius 1 is 1.13 bits per heavy atom. The standard InChI is InChI=1S/C23H22FN3O4/c24-17-5-3-4-15(12-17)13-20-23(30)27(18-6-1-2-7-19(18)31-20)14-21(28)26-10-8-16(9-11-26)22(25)29/h1-7,12-13,16H,8-11,14H2,(H2,25,29)/b20-13+. The van der Waals surface area contributed by atoms with E-state index in [1.54, 1.807) is 41.3 Å². The molecule has 2 aliphatic rings. The molecule has 7 nitrogen and oxygen atoms in total. The molecule has 0 aliphatic carbocycles. The Kier molecular flexibility index (Phi) is 5.70. The van der Waals surface area contributed by atoms with Gasteiger partial charge in [-0.3, -0.25) is 19.3 Å². The molecule has 1 saturated heterocycles. The Morgan fingerprint density at radius 3 is 2.58 bits per heavy atom. The zero-order valence-electron chi connectivity index (χ0n) is 16.8. The lowest BCUT2D eigenvalue weighted by molar-refractivity contribution is -0.134. The summed E-state index contributed by atoms with van der Waals surface area (Å²) >= 11 is 0. The van der Waals surface area contributed by atoms with Crippen molar-refractivity contribution in [2.75, 3.05) is 24.5 Å². The van der Waals surface area contributed by atoms with Crippen LogP contribution in [-0.2, 0) is 14.4 Å². The van der Waals surface area contributed by atoms with Crippen molar-refractivity contribution in [3.05, 3.63) is 65.7 Å². The van der Waals surface area contributed by atoms with E-state index in [1.807, 2.05) is 0 Å². The molecule has 0 aromatic heterocycles. The quantitative estimate of drug-likeness (QED) is 0.764. The molecule has 4 rings (SSSR count). The predicted octanol–water partition coefficient (Wildman–Crippen LogP) is 2.32. The molecule has 0 unspecified atom stereocenters. The lowest BCUT2D eigenvalue weighted by Gasteiger charge is -2.34. The summed E-state index contributed by atoms with van der Waals surface area (Å²) in [5.74, 6) is -1.27. The summed E-state index contributed by atoms with van der Waals surface area (Å²) in [5.41, 5.74) is 6.32. The summed E-state index contributed by atoms with van der Waals surface area (Å²) in [6, 6.07) is 12.7. The number of ether oxygens (including phenoxy) is 1. The van der Waals surface area contributed by atoms with Gasteiger partial charge in [-0.2, -0.15) is 0 Å². The zero-order valence-corrected chi connectivity index (χ0v) is 16.8. The second-order valence-corrected chi connectivity index (χ2v) is 7.58. The van der Waals surface area contributed by atoms with E-state index >= 15 is 0 Å². The number of halogens is 1. The topological polar surface area (TPSA) is 92.9 Å². The molecule has 31 heavy (non-hydrogen) atoms. The SMILES string of the molecule is NC(=O)C1CCN(C(=O)CN2C(=O)/C(=C\c3cccc(F)c3)Oc3ccccc32)CC1. The minimum atomic E-state index is -0.483. The van der Waals surface area contributed by atoms with Gasteiger partial charge in [0.05, 0.1) is 5.69 Å². The fourth-order valence-electron chi connectivity index (χ4n) is 3.82. The van der Waals surface area contributed by atoms with Crippen molar-refractivity contribution < 1.29 is 23.5 Å². The summed E-state index contributed by atoms with van der Waals surface area (Å²) in [5, 5.41) is 0. The molecule has 2 aliphatic heterocycles. The number of nitrogens with two attached hydrogens (primary N) is 1. The van der Waals surface area contributed by atoms with Gasteiger partial charge in [-0.25, -0.2) is 4.39 Å². The first-order valence-electron chi connectivity index (χ1n) is 10.1. The number of primary amides is 1. The highest BCUT2D eigenvalue weighted by atomic mass is 19.1. The number of piperidine rings is 1. The maximum Gasteiger partial charge on any atom is 0.294 e. The van der Waals surface area contributed by atoms with E-state index in [0.717, 1.165) is 0 Å². The van der Waals surface area contributed by atoms with Crippen LogP contribution in [0, 0.1) is 11.7 Å². The monoisotopic (exact) mass is 423 g/mol. The van der Waals surface area contributed by atoms with Crippen molar-refractivity contribution in [2.24, 2.45) is 11.7 Å². The third-order valence-corrected chi connectivity index (χ3v) is 5.52. The molecule has 160 valence electrons. The number of benzene rings is 2. The average molecular weight is 423 g/mol. The van der Waals surface area contributed by atoms with Gasteiger partial charge in [0.1, 0.15) is 12.4 Å². The summed E-state index contributed by atoms with van der Waals surface area (Å²) in [6.45, 7) is 0.665. The Morgan fingerprint density at radius 2 is 1.87 bits per heavy atom. The van der Waals surface area contributed by atoms with Gasteiger partial charge in [-0.1, -0.05) is 24.3 Å². The van der Waals surface area contributed by atoms with E-state index in [-0.39, 0.29) is 30.0 Å². The first-order valence-corrected chi connectivity index (χ1v) is 10.1. The first-order chi connectivity index (χ1) is 14.9. The van der Waals surface area contributed by atoms with Gasteiger partial charge in [-0.15, -0.1) is 0 Å². The van der Waals surface area contributed by atoms with E-state index in [0.29, 0.717) is 42.9 Å². The Balaban J connectivity index is 1.56. The third-order valence-electron chi connectivity index (χ3n) is 5.52. The smallest absolute Gasteiger partial charge is 0.294 e. The molecule has 2 aromatic carbocycles. The largest absolute Gasteiger partial charge is 0.449 e. The second-order valence-electron chi connectivity index (χ2n) is 7.58. The molecule has 8 heteroatoms. The van der Waals surface area contributed by atoms with Crippen molar-refractivity contribution in [2.45, 2.75) is 12.8 Å². The number of carbonyl (C=O) groups is 3. The van der Waals surface area contributed by atoms with Gasteiger partial charge >= 0.3 is 0 Å². The zero-order chi connectivity index (χ0) is 22.0. The highest BCUT2D eigenvalue weighted by molar-refractivity contribution is 6.12. The van der Waals surface area contributed by atoms with Gasteiger partial charge < -0.3 is 15.4 Å².